The number of ether oxygens (including phenoxy) is 4. The van der Waals surface area contributed by atoms with E-state index in [0.29, 0.717) is 11.3 Å². The minimum absolute atomic E-state index is 0.0548. The molecule has 2 aromatic rings. The Morgan fingerprint density at radius 2 is 2.03 bits per heavy atom. The summed E-state index contributed by atoms with van der Waals surface area (Å²) in [4.78, 5) is 18.9. The molecule has 1 amide bonds. The average Bonchev–Trinajstić information content (AvgIpc) is 3.06. The van der Waals surface area contributed by atoms with Gasteiger partial charge in [0.2, 0.25) is 0 Å². The van der Waals surface area contributed by atoms with Crippen molar-refractivity contribution in [1.82, 2.24) is 9.88 Å². The highest BCUT2D eigenvalue weighted by molar-refractivity contribution is 6.38. The van der Waals surface area contributed by atoms with Crippen LogP contribution in [-0.4, -0.2) is 75.8 Å². The molecule has 182 valence electrons. The quantitative estimate of drug-likeness (QED) is 0.353. The second-order valence-corrected chi connectivity index (χ2v) is 8.25. The van der Waals surface area contributed by atoms with Crippen LogP contribution in [0.1, 0.15) is 28.2 Å². The summed E-state index contributed by atoms with van der Waals surface area (Å²) < 4.78 is 70.5. The number of halogens is 4. The normalized spacial score (nSPS) is 23.7. The summed E-state index contributed by atoms with van der Waals surface area (Å²) >= 11 is 0. The van der Waals surface area contributed by atoms with Crippen LogP contribution < -0.4 is 4.74 Å². The Labute approximate surface area is 201 Å². The van der Waals surface area contributed by atoms with Gasteiger partial charge in [0.05, 0.1) is 24.4 Å². The highest BCUT2D eigenvalue weighted by Gasteiger charge is 2.56. The summed E-state index contributed by atoms with van der Waals surface area (Å²) in [6.07, 6.45) is -5.27. The number of nitrogens with zero attached hydrogens (tertiary/aromatic N) is 2. The van der Waals surface area contributed by atoms with Crippen molar-refractivity contribution in [1.29, 1.82) is 0 Å². The van der Waals surface area contributed by atoms with Gasteiger partial charge in [-0.2, -0.15) is 0 Å². The van der Waals surface area contributed by atoms with Crippen LogP contribution in [0.2, 0.25) is 0 Å². The zero-order valence-corrected chi connectivity index (χ0v) is 18.7. The third kappa shape index (κ3) is 5.62. The molecule has 0 N–H and O–H groups in total. The maximum Gasteiger partial charge on any atom is 0.522 e. The molecule has 2 aliphatic heterocycles. The lowest BCUT2D eigenvalue weighted by Gasteiger charge is -2.42. The number of carbonyl (C=O) groups excluding carboxylic acids is 1. The van der Waals surface area contributed by atoms with Crippen molar-refractivity contribution in [3.63, 3.8) is 0 Å². The topological polar surface area (TPSA) is 70.1 Å². The van der Waals surface area contributed by atoms with E-state index in [2.05, 4.69) is 9.72 Å². The molecular formula is C22H20B2F4N2O5. The first kappa shape index (κ1) is 25.5. The van der Waals surface area contributed by atoms with E-state index >= 15 is 0 Å². The Bertz CT molecular complexity index is 1100. The molecule has 2 aliphatic rings. The number of rotatable bonds is 6. The third-order valence-corrected chi connectivity index (χ3v) is 5.79. The zero-order chi connectivity index (χ0) is 25.4. The molecular weight excluding hydrogens is 470 g/mol. The molecule has 2 atom stereocenters. The number of fused-ring (bicyclic) bond motifs is 1. The Morgan fingerprint density at radius 1 is 1.26 bits per heavy atom. The summed E-state index contributed by atoms with van der Waals surface area (Å²) in [5, 5.41) is 0. The Kier molecular flexibility index (Phi) is 6.87. The molecule has 1 aromatic heterocycles. The van der Waals surface area contributed by atoms with Crippen molar-refractivity contribution in [2.45, 2.75) is 37.0 Å². The third-order valence-electron chi connectivity index (χ3n) is 5.79. The van der Waals surface area contributed by atoms with Crippen molar-refractivity contribution < 1.29 is 41.3 Å². The minimum atomic E-state index is -4.74. The van der Waals surface area contributed by atoms with E-state index in [9.17, 15) is 22.4 Å². The number of piperidine rings is 1. The molecule has 7 nitrogen and oxygen atoms in total. The van der Waals surface area contributed by atoms with Crippen molar-refractivity contribution in [3.8, 4) is 5.75 Å². The molecule has 1 aromatic carbocycles. The average molecular weight is 490 g/mol. The first-order chi connectivity index (χ1) is 16.4. The number of benzene rings is 1. The van der Waals surface area contributed by atoms with Crippen molar-refractivity contribution in [2.24, 2.45) is 0 Å². The van der Waals surface area contributed by atoms with E-state index in [1.54, 1.807) is 13.0 Å². The second kappa shape index (κ2) is 9.44. The molecule has 2 fully saturated rings. The van der Waals surface area contributed by atoms with Gasteiger partial charge in [0, 0.05) is 13.0 Å². The molecule has 3 heterocycles. The smallest absolute Gasteiger partial charge is 0.489 e. The molecule has 0 aliphatic carbocycles. The molecule has 4 radical (unpaired) electrons. The van der Waals surface area contributed by atoms with Crippen molar-refractivity contribution >= 4 is 21.6 Å². The maximum absolute atomic E-state index is 13.9. The number of pyridine rings is 1. The Morgan fingerprint density at radius 3 is 2.71 bits per heavy atom. The number of aromatic nitrogens is 1. The minimum Gasteiger partial charge on any atom is -0.489 e. The molecule has 2 unspecified atom stereocenters. The number of aryl methyl sites for hydroxylation is 1. The van der Waals surface area contributed by atoms with Gasteiger partial charge in [-0.3, -0.25) is 9.53 Å². The van der Waals surface area contributed by atoms with Gasteiger partial charge in [-0.05, 0) is 36.8 Å². The largest absolute Gasteiger partial charge is 0.522 e. The van der Waals surface area contributed by atoms with Crippen LogP contribution in [0.25, 0.3) is 0 Å². The molecule has 0 saturated carbocycles. The lowest BCUT2D eigenvalue weighted by molar-refractivity contribution is -0.325. The van der Waals surface area contributed by atoms with Crippen LogP contribution in [0.5, 0.6) is 5.75 Å². The van der Waals surface area contributed by atoms with Gasteiger partial charge >= 0.3 is 6.36 Å². The molecule has 2 saturated heterocycles. The van der Waals surface area contributed by atoms with Gasteiger partial charge in [-0.15, -0.1) is 13.2 Å². The summed E-state index contributed by atoms with van der Waals surface area (Å²) in [5.74, 6) is -0.654. The molecule has 35 heavy (non-hydrogen) atoms. The van der Waals surface area contributed by atoms with Crippen molar-refractivity contribution in [2.75, 3.05) is 26.3 Å². The van der Waals surface area contributed by atoms with Crippen LogP contribution in [-0.2, 0) is 19.8 Å². The predicted octanol–water partition coefficient (Wildman–Crippen LogP) is 2.55. The number of likely N-dealkylation sites (tertiary alicyclic amines) is 1. The maximum atomic E-state index is 13.9. The second-order valence-electron chi connectivity index (χ2n) is 8.25. The summed E-state index contributed by atoms with van der Waals surface area (Å²) in [5.41, 5.74) is -2.14. The van der Waals surface area contributed by atoms with Gasteiger partial charge in [0.15, 0.2) is 0 Å². The van der Waals surface area contributed by atoms with E-state index in [1.807, 2.05) is 0 Å². The summed E-state index contributed by atoms with van der Waals surface area (Å²) in [7, 11) is 11.8. The number of hydrogen-bond acceptors (Lipinski definition) is 6. The summed E-state index contributed by atoms with van der Waals surface area (Å²) in [6.45, 7) is 0.811. The highest BCUT2D eigenvalue weighted by Crippen LogP contribution is 2.47. The van der Waals surface area contributed by atoms with Crippen LogP contribution in [0, 0.1) is 12.7 Å². The molecule has 13 heteroatoms. The van der Waals surface area contributed by atoms with Gasteiger partial charge < -0.3 is 19.1 Å². The first-order valence-corrected chi connectivity index (χ1v) is 10.7. The SMILES string of the molecule is [B]C1([B])OC2CN(C(=O)c3ccc(OCCOC(F)(F)F)c(C)n3)CCC2(c2cccc(F)c2)O1. The number of hydrogen-bond donors (Lipinski definition) is 0. The fraction of sp³-hybridized carbons (Fsp3) is 0.455. The van der Waals surface area contributed by atoms with Gasteiger partial charge in [0.1, 0.15) is 51.3 Å². The van der Waals surface area contributed by atoms with Crippen LogP contribution in [0.4, 0.5) is 17.6 Å². The molecule has 0 spiro atoms. The van der Waals surface area contributed by atoms with Gasteiger partial charge in [0.25, 0.3) is 5.91 Å². The number of carbonyl (C=O) groups is 1. The number of alkyl halides is 3. The van der Waals surface area contributed by atoms with Crippen LogP contribution in [0.3, 0.4) is 0 Å². The van der Waals surface area contributed by atoms with Gasteiger partial charge in [-0.25, -0.2) is 9.37 Å². The van der Waals surface area contributed by atoms with Crippen LogP contribution >= 0.6 is 0 Å². The Hall–Kier alpha value is -2.63. The van der Waals surface area contributed by atoms with E-state index in [1.165, 1.54) is 35.2 Å². The lowest BCUT2D eigenvalue weighted by Crippen LogP contribution is -2.53. The highest BCUT2D eigenvalue weighted by atomic mass is 19.4. The van der Waals surface area contributed by atoms with Gasteiger partial charge in [-0.1, -0.05) is 12.1 Å². The van der Waals surface area contributed by atoms with E-state index < -0.39 is 42.0 Å². The lowest BCUT2D eigenvalue weighted by atomic mass is 9.76. The standard InChI is InChI=1S/C22H20B2F4N2O5/c1-13-17(32-9-10-33-22(26,27)28)6-5-16(29-13)19(31)30-8-7-20(14-3-2-4-15(25)11-14)18(12-30)34-21(23,24)35-20/h2-6,11,18H,7-10,12H2,1H3. The summed E-state index contributed by atoms with van der Waals surface area (Å²) in [6, 6.07) is 8.69. The van der Waals surface area contributed by atoms with Crippen molar-refractivity contribution in [3.05, 3.63) is 59.2 Å². The molecule has 0 bridgehead atoms. The van der Waals surface area contributed by atoms with E-state index in [0.717, 1.165) is 0 Å². The fourth-order valence-corrected chi connectivity index (χ4v) is 4.30. The first-order valence-electron chi connectivity index (χ1n) is 10.7. The predicted molar refractivity (Wildman–Crippen MR) is 115 cm³/mol. The van der Waals surface area contributed by atoms with Crippen LogP contribution in [0.15, 0.2) is 36.4 Å². The monoisotopic (exact) mass is 490 g/mol. The fourth-order valence-electron chi connectivity index (χ4n) is 4.30. The molecule has 4 rings (SSSR count). The Balaban J connectivity index is 1.45. The zero-order valence-electron chi connectivity index (χ0n) is 18.7. The number of amides is 1. The van der Waals surface area contributed by atoms with E-state index in [4.69, 9.17) is 29.9 Å². The van der Waals surface area contributed by atoms with E-state index in [-0.39, 0.29) is 37.6 Å².